The van der Waals surface area contributed by atoms with Gasteiger partial charge < -0.3 is 9.30 Å². The zero-order chi connectivity index (χ0) is 18.6. The summed E-state index contributed by atoms with van der Waals surface area (Å²) in [6.07, 6.45) is 0.955. The van der Waals surface area contributed by atoms with E-state index in [9.17, 15) is 8.42 Å². The van der Waals surface area contributed by atoms with Crippen LogP contribution in [0.4, 0.5) is 0 Å². The van der Waals surface area contributed by atoms with Gasteiger partial charge >= 0.3 is 0 Å². The van der Waals surface area contributed by atoms with Crippen molar-refractivity contribution in [1.29, 1.82) is 0 Å². The maximum absolute atomic E-state index is 11.6. The van der Waals surface area contributed by atoms with Gasteiger partial charge in [-0.2, -0.15) is 0 Å². The van der Waals surface area contributed by atoms with Gasteiger partial charge in [-0.15, -0.1) is 0 Å². The number of aromatic nitrogens is 2. The topological polar surface area (TPSA) is 87.2 Å². The molecule has 2 aromatic carbocycles. The van der Waals surface area contributed by atoms with Crippen molar-refractivity contribution in [2.45, 2.75) is 29.9 Å². The number of ether oxygens (including phenoxy) is 1. The number of primary sulfonamides is 1. The molecular formula is C18H21N3O3S2. The van der Waals surface area contributed by atoms with Crippen molar-refractivity contribution in [3.8, 4) is 5.75 Å². The summed E-state index contributed by atoms with van der Waals surface area (Å²) in [6.45, 7) is 3.47. The minimum atomic E-state index is -3.74. The van der Waals surface area contributed by atoms with Crippen molar-refractivity contribution in [3.05, 3.63) is 48.5 Å². The molecule has 138 valence electrons. The molecule has 3 aromatic rings. The number of nitrogens with zero attached hydrogens (tertiary/aromatic N) is 2. The SMILES string of the molecule is CCCn1c(SCCOc2ccccc2)nc2cc(S(N)(=O)=O)ccc21. The lowest BCUT2D eigenvalue weighted by Gasteiger charge is -2.08. The summed E-state index contributed by atoms with van der Waals surface area (Å²) in [4.78, 5) is 4.68. The Morgan fingerprint density at radius 2 is 1.96 bits per heavy atom. The molecule has 0 aliphatic rings. The van der Waals surface area contributed by atoms with Gasteiger partial charge in [-0.25, -0.2) is 18.5 Å². The van der Waals surface area contributed by atoms with Crippen molar-refractivity contribution in [1.82, 2.24) is 9.55 Å². The van der Waals surface area contributed by atoms with Crippen LogP contribution in [-0.4, -0.2) is 30.3 Å². The van der Waals surface area contributed by atoms with Gasteiger partial charge in [0.05, 0.1) is 22.5 Å². The molecule has 0 aliphatic carbocycles. The molecule has 0 saturated heterocycles. The summed E-state index contributed by atoms with van der Waals surface area (Å²) in [7, 11) is -3.74. The maximum atomic E-state index is 11.6. The molecule has 1 heterocycles. The second-order valence-electron chi connectivity index (χ2n) is 5.75. The van der Waals surface area contributed by atoms with Gasteiger partial charge in [0.15, 0.2) is 5.16 Å². The highest BCUT2D eigenvalue weighted by atomic mass is 32.2. The van der Waals surface area contributed by atoms with Crippen molar-refractivity contribution in [2.75, 3.05) is 12.4 Å². The van der Waals surface area contributed by atoms with Crippen LogP contribution in [0, 0.1) is 0 Å². The van der Waals surface area contributed by atoms with Gasteiger partial charge in [0.2, 0.25) is 10.0 Å². The Labute approximate surface area is 157 Å². The van der Waals surface area contributed by atoms with Crippen LogP contribution in [0.3, 0.4) is 0 Å². The van der Waals surface area contributed by atoms with Crippen LogP contribution in [0.5, 0.6) is 5.75 Å². The number of thioether (sulfide) groups is 1. The molecule has 0 unspecified atom stereocenters. The Morgan fingerprint density at radius 3 is 2.65 bits per heavy atom. The van der Waals surface area contributed by atoms with Gasteiger partial charge in [-0.3, -0.25) is 0 Å². The van der Waals surface area contributed by atoms with E-state index >= 15 is 0 Å². The lowest BCUT2D eigenvalue weighted by molar-refractivity contribution is 0.344. The van der Waals surface area contributed by atoms with Gasteiger partial charge in [-0.05, 0) is 36.8 Å². The molecular weight excluding hydrogens is 370 g/mol. The number of rotatable bonds is 8. The second kappa shape index (κ2) is 8.11. The predicted octanol–water partition coefficient (Wildman–Crippen LogP) is 3.26. The average Bonchev–Trinajstić information content (AvgIpc) is 2.96. The smallest absolute Gasteiger partial charge is 0.238 e. The second-order valence-corrected chi connectivity index (χ2v) is 8.38. The van der Waals surface area contributed by atoms with Crippen molar-refractivity contribution >= 4 is 32.8 Å². The first kappa shape index (κ1) is 18.8. The monoisotopic (exact) mass is 391 g/mol. The Balaban J connectivity index is 1.76. The third kappa shape index (κ3) is 4.38. The van der Waals surface area contributed by atoms with E-state index in [0.717, 1.165) is 35.1 Å². The van der Waals surface area contributed by atoms with Crippen LogP contribution >= 0.6 is 11.8 Å². The quantitative estimate of drug-likeness (QED) is 0.470. The number of benzene rings is 2. The molecule has 1 aromatic heterocycles. The number of para-hydroxylation sites is 1. The zero-order valence-corrected chi connectivity index (χ0v) is 16.1. The van der Waals surface area contributed by atoms with Gasteiger partial charge in [-0.1, -0.05) is 36.9 Å². The molecule has 0 amide bonds. The molecule has 6 nitrogen and oxygen atoms in total. The summed E-state index contributed by atoms with van der Waals surface area (Å²) in [5, 5.41) is 6.07. The van der Waals surface area contributed by atoms with Crippen LogP contribution in [0.1, 0.15) is 13.3 Å². The van der Waals surface area contributed by atoms with Crippen molar-refractivity contribution < 1.29 is 13.2 Å². The van der Waals surface area contributed by atoms with Gasteiger partial charge in [0.25, 0.3) is 0 Å². The Bertz CT molecular complexity index is 986. The molecule has 26 heavy (non-hydrogen) atoms. The van der Waals surface area contributed by atoms with Crippen LogP contribution in [0.2, 0.25) is 0 Å². The highest BCUT2D eigenvalue weighted by molar-refractivity contribution is 7.99. The Morgan fingerprint density at radius 1 is 1.19 bits per heavy atom. The zero-order valence-electron chi connectivity index (χ0n) is 14.5. The fourth-order valence-corrected chi connectivity index (χ4v) is 4.01. The molecule has 0 fully saturated rings. The maximum Gasteiger partial charge on any atom is 0.238 e. The largest absolute Gasteiger partial charge is 0.493 e. The minimum Gasteiger partial charge on any atom is -0.493 e. The number of nitrogens with two attached hydrogens (primary N) is 1. The lowest BCUT2D eigenvalue weighted by atomic mass is 10.3. The van der Waals surface area contributed by atoms with Crippen LogP contribution < -0.4 is 9.88 Å². The predicted molar refractivity (Wildman–Crippen MR) is 104 cm³/mol. The normalized spacial score (nSPS) is 11.8. The van der Waals surface area contributed by atoms with E-state index in [1.54, 1.807) is 17.8 Å². The van der Waals surface area contributed by atoms with E-state index in [0.29, 0.717) is 12.1 Å². The third-order valence-corrected chi connectivity index (χ3v) is 5.64. The van der Waals surface area contributed by atoms with Crippen molar-refractivity contribution in [2.24, 2.45) is 5.14 Å². The van der Waals surface area contributed by atoms with Crippen molar-refractivity contribution in [3.63, 3.8) is 0 Å². The number of imidazole rings is 1. The van der Waals surface area contributed by atoms with Crippen LogP contribution in [0.15, 0.2) is 58.6 Å². The number of sulfonamides is 1. The minimum absolute atomic E-state index is 0.0788. The Kier molecular flexibility index (Phi) is 5.85. The Hall–Kier alpha value is -2.03. The average molecular weight is 392 g/mol. The molecule has 3 rings (SSSR count). The van der Waals surface area contributed by atoms with Gasteiger partial charge in [0.1, 0.15) is 5.75 Å². The molecule has 0 saturated carbocycles. The van der Waals surface area contributed by atoms with E-state index in [1.807, 2.05) is 30.3 Å². The fraction of sp³-hybridized carbons (Fsp3) is 0.278. The summed E-state index contributed by atoms with van der Waals surface area (Å²) >= 11 is 1.59. The summed E-state index contributed by atoms with van der Waals surface area (Å²) in [6, 6.07) is 14.5. The molecule has 0 atom stereocenters. The van der Waals surface area contributed by atoms with E-state index in [4.69, 9.17) is 9.88 Å². The number of fused-ring (bicyclic) bond motifs is 1. The number of hydrogen-bond donors (Lipinski definition) is 1. The van der Waals surface area contributed by atoms with Crippen LogP contribution in [-0.2, 0) is 16.6 Å². The highest BCUT2D eigenvalue weighted by Gasteiger charge is 2.14. The molecule has 0 spiro atoms. The first-order valence-electron chi connectivity index (χ1n) is 8.33. The standard InChI is InChI=1S/C18H21N3O3S2/c1-2-10-21-17-9-8-15(26(19,22)23)13-16(17)20-18(21)25-12-11-24-14-6-4-3-5-7-14/h3-9,13H,2,10-12H2,1H3,(H2,19,22,23). The first-order valence-corrected chi connectivity index (χ1v) is 10.9. The van der Waals surface area contributed by atoms with E-state index in [1.165, 1.54) is 12.1 Å². The van der Waals surface area contributed by atoms with Gasteiger partial charge in [0, 0.05) is 12.3 Å². The first-order chi connectivity index (χ1) is 12.5. The summed E-state index contributed by atoms with van der Waals surface area (Å²) in [5.74, 6) is 1.58. The van der Waals surface area contributed by atoms with Crippen LogP contribution in [0.25, 0.3) is 11.0 Å². The highest BCUT2D eigenvalue weighted by Crippen LogP contribution is 2.26. The summed E-state index contributed by atoms with van der Waals surface area (Å²) in [5.41, 5.74) is 1.54. The lowest BCUT2D eigenvalue weighted by Crippen LogP contribution is -2.11. The molecule has 0 radical (unpaired) electrons. The summed E-state index contributed by atoms with van der Waals surface area (Å²) < 4.78 is 30.9. The molecule has 0 bridgehead atoms. The van der Waals surface area contributed by atoms with E-state index in [2.05, 4.69) is 16.5 Å². The third-order valence-electron chi connectivity index (χ3n) is 3.79. The number of hydrogen-bond acceptors (Lipinski definition) is 5. The fourth-order valence-electron chi connectivity index (χ4n) is 2.62. The molecule has 8 heteroatoms. The van der Waals surface area contributed by atoms with E-state index in [-0.39, 0.29) is 4.90 Å². The molecule has 0 aliphatic heterocycles. The number of aryl methyl sites for hydroxylation is 1. The molecule has 2 N–H and O–H groups in total. The van der Waals surface area contributed by atoms with E-state index < -0.39 is 10.0 Å².